The van der Waals surface area contributed by atoms with Crippen molar-refractivity contribution in [3.8, 4) is 35.8 Å². The van der Waals surface area contributed by atoms with Crippen LogP contribution in [0.1, 0.15) is 40.7 Å². The minimum absolute atomic E-state index is 0. The Bertz CT molecular complexity index is 2750. The average molecular weight is 934 g/mol. The molecule has 0 aliphatic rings. The summed E-state index contributed by atoms with van der Waals surface area (Å²) < 4.78 is 57.8. The van der Waals surface area contributed by atoms with Gasteiger partial charge in [-0.25, -0.2) is 47.0 Å². The first-order valence-corrected chi connectivity index (χ1v) is 25.3. The Morgan fingerprint density at radius 1 is 0.683 bits per heavy atom. The second kappa shape index (κ2) is 20.6. The van der Waals surface area contributed by atoms with Crippen molar-refractivity contribution in [2.75, 3.05) is 10.6 Å². The number of aromatic nitrogens is 4. The summed E-state index contributed by atoms with van der Waals surface area (Å²) in [7, 11) is -8.56. The molecule has 4 aromatic carbocycles. The smallest absolute Gasteiger partial charge is 0.238 e. The van der Waals surface area contributed by atoms with Gasteiger partial charge in [-0.15, -0.1) is 18.4 Å². The van der Waals surface area contributed by atoms with Gasteiger partial charge in [0.2, 0.25) is 31.9 Å². The monoisotopic (exact) mass is 932 g/mol. The Kier molecular flexibility index (Phi) is 16.7. The van der Waals surface area contributed by atoms with E-state index in [1.165, 1.54) is 24.3 Å². The standard InChI is InChI=1S/C19H18N4O3S.C17H17BrN4O3S.C5H10Si.CH4/c1-4-13-9-14-11-21-19(23-18(14)17(10-13)26-12(2)3)22-15-5-7-16(8-6-15)27(20,24)25;1-10(2)25-15-8-12(18)7-11-9-20-17(22-16(11)15)21-13-3-5-14(6-4-13)26(19,23)24;1-5-6(2,3)4;/h1,5-12H,2-3H3,(H2,20,24,25)(H,21,22,23);3-10H,1-2H3,(H2,19,23,24)(H,20,21,22);1H,2-4H3;1H4. The molecule has 60 heavy (non-hydrogen) atoms. The van der Waals surface area contributed by atoms with Crippen LogP contribution in [0.25, 0.3) is 21.8 Å². The van der Waals surface area contributed by atoms with Crippen LogP contribution < -0.4 is 30.4 Å². The molecule has 14 nitrogen and oxygen atoms in total. The number of halogens is 1. The number of ether oxygens (including phenoxy) is 2. The van der Waals surface area contributed by atoms with Gasteiger partial charge in [-0.2, -0.15) is 0 Å². The van der Waals surface area contributed by atoms with E-state index in [9.17, 15) is 16.8 Å². The molecule has 0 atom stereocenters. The molecule has 0 saturated carbocycles. The summed E-state index contributed by atoms with van der Waals surface area (Å²) >= 11 is 3.46. The van der Waals surface area contributed by atoms with Crippen LogP contribution in [0, 0.1) is 24.3 Å². The first kappa shape index (κ1) is 48.8. The second-order valence-electron chi connectivity index (χ2n) is 14.4. The number of nitrogens with two attached hydrogens (primary N) is 2. The van der Waals surface area contributed by atoms with Gasteiger partial charge in [-0.05, 0) is 100 Å². The van der Waals surface area contributed by atoms with Crippen molar-refractivity contribution in [1.29, 1.82) is 0 Å². The minimum atomic E-state index is -3.74. The van der Waals surface area contributed by atoms with Crippen molar-refractivity contribution < 1.29 is 26.3 Å². The van der Waals surface area contributed by atoms with Crippen LogP contribution in [-0.4, -0.2) is 57.1 Å². The van der Waals surface area contributed by atoms with Crippen molar-refractivity contribution in [2.24, 2.45) is 10.3 Å². The van der Waals surface area contributed by atoms with E-state index in [0.29, 0.717) is 51.4 Å². The molecule has 0 unspecified atom stereocenters. The summed E-state index contributed by atoms with van der Waals surface area (Å²) in [5.74, 6) is 4.53. The molecule has 6 aromatic rings. The SMILES string of the molecule is C.C#C[Si](C)(C)C.C#Cc1cc(OC(C)C)c2nc(Nc3ccc(S(N)(=O)=O)cc3)ncc2c1.CC(C)Oc1cc(Br)cc2cnc(Nc3ccc(S(N)(=O)=O)cc3)nc12. The molecular formula is C42H49BrN8O6S2Si. The Morgan fingerprint density at radius 3 is 1.42 bits per heavy atom. The largest absolute Gasteiger partial charge is 0.489 e. The number of hydrogen-bond acceptors (Lipinski definition) is 12. The van der Waals surface area contributed by atoms with Gasteiger partial charge >= 0.3 is 0 Å². The fraction of sp³-hybridized carbons (Fsp3) is 0.238. The van der Waals surface area contributed by atoms with E-state index in [2.05, 4.69) is 77.6 Å². The maximum Gasteiger partial charge on any atom is 0.238 e. The molecule has 0 amide bonds. The lowest BCUT2D eigenvalue weighted by Gasteiger charge is -2.13. The Labute approximate surface area is 362 Å². The Balaban J connectivity index is 0.000000278. The van der Waals surface area contributed by atoms with Gasteiger partial charge in [0.1, 0.15) is 30.6 Å². The van der Waals surface area contributed by atoms with Crippen molar-refractivity contribution >= 4 is 89.1 Å². The third-order valence-corrected chi connectivity index (χ3v) is 10.6. The number of hydrogen-bond donors (Lipinski definition) is 4. The Morgan fingerprint density at radius 2 is 1.07 bits per heavy atom. The van der Waals surface area contributed by atoms with E-state index in [0.717, 1.165) is 15.2 Å². The van der Waals surface area contributed by atoms with E-state index in [4.69, 9.17) is 32.6 Å². The molecule has 0 aliphatic carbocycles. The highest BCUT2D eigenvalue weighted by Gasteiger charge is 2.13. The third kappa shape index (κ3) is 14.6. The number of fused-ring (bicyclic) bond motifs is 2. The highest BCUT2D eigenvalue weighted by Crippen LogP contribution is 2.31. The molecule has 18 heteroatoms. The highest BCUT2D eigenvalue weighted by molar-refractivity contribution is 9.10. The maximum absolute atomic E-state index is 11.3. The number of nitrogens with zero attached hydrogens (tertiary/aromatic N) is 4. The summed E-state index contributed by atoms with van der Waals surface area (Å²) in [5, 5.41) is 17.9. The van der Waals surface area contributed by atoms with Crippen LogP contribution in [0.5, 0.6) is 11.5 Å². The first-order chi connectivity index (χ1) is 27.5. The molecule has 0 saturated heterocycles. The fourth-order valence-electron chi connectivity index (χ4n) is 4.80. The molecule has 0 aliphatic heterocycles. The van der Waals surface area contributed by atoms with Crippen molar-refractivity contribution in [2.45, 2.75) is 76.8 Å². The van der Waals surface area contributed by atoms with Crippen molar-refractivity contribution in [3.05, 3.63) is 95.2 Å². The lowest BCUT2D eigenvalue weighted by Crippen LogP contribution is -2.15. The summed E-state index contributed by atoms with van der Waals surface area (Å²) in [5.41, 5.74) is 5.99. The number of primary sulfonamides is 2. The molecule has 2 aromatic heterocycles. The fourth-order valence-corrected chi connectivity index (χ4v) is 6.28. The molecule has 316 valence electrons. The van der Waals surface area contributed by atoms with Crippen LogP contribution in [-0.2, 0) is 20.0 Å². The minimum Gasteiger partial charge on any atom is -0.489 e. The molecule has 6 N–H and O–H groups in total. The van der Waals surface area contributed by atoms with Crippen LogP contribution >= 0.6 is 15.9 Å². The zero-order chi connectivity index (χ0) is 43.7. The van der Waals surface area contributed by atoms with Crippen LogP contribution in [0.15, 0.2) is 99.5 Å². The predicted octanol–water partition coefficient (Wildman–Crippen LogP) is 8.49. The van der Waals surface area contributed by atoms with E-state index in [1.807, 2.05) is 45.9 Å². The number of benzene rings is 4. The van der Waals surface area contributed by atoms with Gasteiger partial charge in [0, 0.05) is 44.6 Å². The lowest BCUT2D eigenvalue weighted by atomic mass is 10.1. The normalized spacial score (nSPS) is 11.2. The number of terminal acetylenes is 2. The number of anilines is 4. The predicted molar refractivity (Wildman–Crippen MR) is 247 cm³/mol. The highest BCUT2D eigenvalue weighted by atomic mass is 79.9. The molecule has 0 radical (unpaired) electrons. The summed E-state index contributed by atoms with van der Waals surface area (Å²) in [6.07, 6.45) is 13.9. The summed E-state index contributed by atoms with van der Waals surface area (Å²) in [6, 6.07) is 19.4. The first-order valence-electron chi connectivity index (χ1n) is 17.9. The molecular weight excluding hydrogens is 885 g/mol. The van der Waals surface area contributed by atoms with Crippen LogP contribution in [0.4, 0.5) is 23.3 Å². The number of sulfonamides is 2. The van der Waals surface area contributed by atoms with Crippen LogP contribution in [0.2, 0.25) is 19.6 Å². The second-order valence-corrected chi connectivity index (χ2v) is 23.2. The Hall–Kier alpha value is -5.60. The average Bonchev–Trinajstić information content (AvgIpc) is 3.14. The molecule has 0 fully saturated rings. The lowest BCUT2D eigenvalue weighted by molar-refractivity contribution is 0.244. The van der Waals surface area contributed by atoms with Gasteiger partial charge < -0.3 is 20.1 Å². The topological polar surface area (TPSA) is 214 Å². The summed E-state index contributed by atoms with van der Waals surface area (Å²) in [4.78, 5) is 17.7. The molecule has 0 bridgehead atoms. The van der Waals surface area contributed by atoms with E-state index >= 15 is 0 Å². The molecule has 2 heterocycles. The summed E-state index contributed by atoms with van der Waals surface area (Å²) in [6.45, 7) is 14.2. The van der Waals surface area contributed by atoms with Crippen molar-refractivity contribution in [3.63, 3.8) is 0 Å². The molecule has 0 spiro atoms. The number of nitrogens with one attached hydrogen (secondary N) is 2. The maximum atomic E-state index is 11.3. The van der Waals surface area contributed by atoms with Gasteiger partial charge in [-0.1, -0.05) is 48.9 Å². The third-order valence-electron chi connectivity index (χ3n) is 7.46. The quantitative estimate of drug-likeness (QED) is 0.0752. The van der Waals surface area contributed by atoms with Crippen LogP contribution in [0.3, 0.4) is 0 Å². The zero-order valence-corrected chi connectivity index (χ0v) is 37.7. The number of rotatable bonds is 10. The van der Waals surface area contributed by atoms with Gasteiger partial charge in [0.05, 0.1) is 22.0 Å². The van der Waals surface area contributed by atoms with Crippen molar-refractivity contribution in [1.82, 2.24) is 19.9 Å². The zero-order valence-electron chi connectivity index (χ0n) is 33.5. The van der Waals surface area contributed by atoms with Gasteiger partial charge in [0.15, 0.2) is 0 Å². The van der Waals surface area contributed by atoms with E-state index in [1.54, 1.807) is 42.7 Å². The van der Waals surface area contributed by atoms with Gasteiger partial charge in [0.25, 0.3) is 0 Å². The van der Waals surface area contributed by atoms with E-state index < -0.39 is 28.1 Å². The van der Waals surface area contributed by atoms with E-state index in [-0.39, 0.29) is 29.4 Å². The van der Waals surface area contributed by atoms with Gasteiger partial charge in [-0.3, -0.25) is 0 Å². The molecule has 6 rings (SSSR count).